The molecule has 2 atom stereocenters. The van der Waals surface area contributed by atoms with E-state index in [1.807, 2.05) is 31.7 Å². The molecular formula is C14H21FN2S. The van der Waals surface area contributed by atoms with Gasteiger partial charge in [0.25, 0.3) is 0 Å². The number of halogens is 1. The molecule has 100 valence electrons. The van der Waals surface area contributed by atoms with Crippen molar-refractivity contribution in [1.29, 1.82) is 0 Å². The fourth-order valence-electron chi connectivity index (χ4n) is 2.38. The first-order valence-corrected chi connectivity index (χ1v) is 7.56. The van der Waals surface area contributed by atoms with E-state index in [1.165, 1.54) is 0 Å². The fraction of sp³-hybridized carbons (Fsp3) is 0.571. The van der Waals surface area contributed by atoms with Crippen molar-refractivity contribution in [1.82, 2.24) is 0 Å². The zero-order valence-electron chi connectivity index (χ0n) is 11.2. The molecular weight excluding hydrogens is 247 g/mol. The summed E-state index contributed by atoms with van der Waals surface area (Å²) >= 11 is 1.98. The summed E-state index contributed by atoms with van der Waals surface area (Å²) in [7, 11) is 0. The van der Waals surface area contributed by atoms with Crippen molar-refractivity contribution < 1.29 is 4.39 Å². The third-order valence-electron chi connectivity index (χ3n) is 3.48. The Morgan fingerprint density at radius 3 is 2.83 bits per heavy atom. The maximum Gasteiger partial charge on any atom is 0.126 e. The highest BCUT2D eigenvalue weighted by molar-refractivity contribution is 7.99. The number of hydrogen-bond donors (Lipinski definition) is 1. The van der Waals surface area contributed by atoms with Crippen LogP contribution in [0.2, 0.25) is 0 Å². The first-order chi connectivity index (χ1) is 8.50. The van der Waals surface area contributed by atoms with Gasteiger partial charge < -0.3 is 10.6 Å². The quantitative estimate of drug-likeness (QED) is 0.893. The van der Waals surface area contributed by atoms with Crippen LogP contribution in [0.4, 0.5) is 10.1 Å². The summed E-state index contributed by atoms with van der Waals surface area (Å²) in [4.78, 5) is 2.36. The second kappa shape index (κ2) is 5.49. The van der Waals surface area contributed by atoms with Crippen molar-refractivity contribution in [2.24, 2.45) is 5.73 Å². The van der Waals surface area contributed by atoms with Crippen LogP contribution in [0.15, 0.2) is 12.1 Å². The van der Waals surface area contributed by atoms with E-state index >= 15 is 0 Å². The van der Waals surface area contributed by atoms with Crippen molar-refractivity contribution in [3.8, 4) is 0 Å². The summed E-state index contributed by atoms with van der Waals surface area (Å²) in [5.74, 6) is 2.08. The smallest absolute Gasteiger partial charge is 0.126 e. The van der Waals surface area contributed by atoms with Crippen LogP contribution in [0.3, 0.4) is 0 Å². The lowest BCUT2D eigenvalue weighted by molar-refractivity contribution is 0.610. The second-order valence-corrected chi connectivity index (χ2v) is 6.22. The Labute approximate surface area is 113 Å². The lowest BCUT2D eigenvalue weighted by Gasteiger charge is -2.37. The summed E-state index contributed by atoms with van der Waals surface area (Å²) in [6.45, 7) is 6.95. The highest BCUT2D eigenvalue weighted by atomic mass is 32.2. The molecule has 1 fully saturated rings. The molecule has 1 heterocycles. The van der Waals surface area contributed by atoms with Crippen LogP contribution < -0.4 is 10.6 Å². The molecule has 2 N–H and O–H groups in total. The molecule has 4 heteroatoms. The Kier molecular flexibility index (Phi) is 4.17. The molecule has 2 rings (SSSR count). The monoisotopic (exact) mass is 268 g/mol. The molecule has 2 nitrogen and oxygen atoms in total. The van der Waals surface area contributed by atoms with Gasteiger partial charge in [0.2, 0.25) is 0 Å². The Morgan fingerprint density at radius 1 is 1.50 bits per heavy atom. The van der Waals surface area contributed by atoms with Gasteiger partial charge >= 0.3 is 0 Å². The third-order valence-corrected chi connectivity index (χ3v) is 4.66. The van der Waals surface area contributed by atoms with E-state index < -0.39 is 0 Å². The van der Waals surface area contributed by atoms with Gasteiger partial charge in [-0.05, 0) is 44.0 Å². The van der Waals surface area contributed by atoms with Crippen molar-refractivity contribution >= 4 is 17.4 Å². The maximum atomic E-state index is 13.7. The number of benzene rings is 1. The largest absolute Gasteiger partial charge is 0.367 e. The van der Waals surface area contributed by atoms with Crippen LogP contribution >= 0.6 is 11.8 Å². The third kappa shape index (κ3) is 2.64. The molecule has 0 saturated carbocycles. The molecule has 0 radical (unpaired) electrons. The Balaban J connectivity index is 2.44. The highest BCUT2D eigenvalue weighted by Gasteiger charge is 2.23. The number of nitrogens with two attached hydrogens (primary N) is 1. The molecule has 18 heavy (non-hydrogen) atoms. The highest BCUT2D eigenvalue weighted by Crippen LogP contribution is 2.32. The van der Waals surface area contributed by atoms with Gasteiger partial charge in [0.1, 0.15) is 5.82 Å². The number of aryl methyl sites for hydroxylation is 1. The van der Waals surface area contributed by atoms with Crippen LogP contribution in [0, 0.1) is 12.7 Å². The van der Waals surface area contributed by atoms with E-state index in [9.17, 15) is 4.39 Å². The van der Waals surface area contributed by atoms with Crippen molar-refractivity contribution in [3.63, 3.8) is 0 Å². The number of thioether (sulfide) groups is 1. The zero-order chi connectivity index (χ0) is 13.3. The van der Waals surface area contributed by atoms with Gasteiger partial charge in [0.15, 0.2) is 0 Å². The average molecular weight is 268 g/mol. The topological polar surface area (TPSA) is 29.3 Å². The lowest BCUT2D eigenvalue weighted by Crippen LogP contribution is -2.41. The van der Waals surface area contributed by atoms with Gasteiger partial charge in [-0.1, -0.05) is 0 Å². The first kappa shape index (κ1) is 13.7. The minimum absolute atomic E-state index is 0.142. The number of nitrogens with zero attached hydrogens (tertiary/aromatic N) is 1. The van der Waals surface area contributed by atoms with Gasteiger partial charge in [-0.3, -0.25) is 0 Å². The molecule has 0 amide bonds. The minimum Gasteiger partial charge on any atom is -0.367 e. The van der Waals surface area contributed by atoms with Gasteiger partial charge in [-0.25, -0.2) is 4.39 Å². The number of hydrogen-bond acceptors (Lipinski definition) is 3. The number of rotatable bonds is 2. The summed E-state index contributed by atoms with van der Waals surface area (Å²) < 4.78 is 13.7. The molecule has 0 bridgehead atoms. The minimum atomic E-state index is -0.162. The van der Waals surface area contributed by atoms with Crippen molar-refractivity contribution in [2.45, 2.75) is 32.9 Å². The van der Waals surface area contributed by atoms with Crippen molar-refractivity contribution in [3.05, 3.63) is 29.1 Å². The Hall–Kier alpha value is -0.740. The SMILES string of the molecule is Cc1cc(N2CCSCC2C)c([C@@H](C)N)cc1F. The molecule has 1 aliphatic heterocycles. The fourth-order valence-corrected chi connectivity index (χ4v) is 3.39. The maximum absolute atomic E-state index is 13.7. The van der Waals surface area contributed by atoms with Crippen LogP contribution in [-0.4, -0.2) is 24.1 Å². The standard InChI is InChI=1S/C14H21FN2S/c1-9-6-14(12(11(3)16)7-13(9)15)17-4-5-18-8-10(17)2/h6-7,10-11H,4-5,8,16H2,1-3H3/t10?,11-/m1/s1. The zero-order valence-corrected chi connectivity index (χ0v) is 12.1. The van der Waals surface area contributed by atoms with E-state index in [-0.39, 0.29) is 11.9 Å². The van der Waals surface area contributed by atoms with Gasteiger partial charge in [-0.15, -0.1) is 0 Å². The Bertz CT molecular complexity index is 434. The summed E-state index contributed by atoms with van der Waals surface area (Å²) in [5.41, 5.74) is 8.70. The second-order valence-electron chi connectivity index (χ2n) is 5.07. The molecule has 0 aromatic heterocycles. The van der Waals surface area contributed by atoms with Gasteiger partial charge in [0, 0.05) is 35.8 Å². The van der Waals surface area contributed by atoms with E-state index in [2.05, 4.69) is 11.8 Å². The molecule has 0 spiro atoms. The molecule has 1 unspecified atom stereocenters. The van der Waals surface area contributed by atoms with E-state index in [0.717, 1.165) is 29.3 Å². The summed E-state index contributed by atoms with van der Waals surface area (Å²) in [6.07, 6.45) is 0. The summed E-state index contributed by atoms with van der Waals surface area (Å²) in [6, 6.07) is 3.88. The van der Waals surface area contributed by atoms with E-state index in [0.29, 0.717) is 11.6 Å². The Morgan fingerprint density at radius 2 is 2.22 bits per heavy atom. The predicted molar refractivity (Wildman–Crippen MR) is 77.9 cm³/mol. The van der Waals surface area contributed by atoms with Crippen LogP contribution in [0.5, 0.6) is 0 Å². The van der Waals surface area contributed by atoms with Crippen molar-refractivity contribution in [2.75, 3.05) is 23.0 Å². The number of anilines is 1. The average Bonchev–Trinajstić information content (AvgIpc) is 2.32. The predicted octanol–water partition coefficient (Wildman–Crippen LogP) is 3.10. The van der Waals surface area contributed by atoms with Crippen LogP contribution in [0.1, 0.15) is 31.0 Å². The molecule has 0 aliphatic carbocycles. The molecule has 1 aromatic carbocycles. The lowest BCUT2D eigenvalue weighted by atomic mass is 10.0. The van der Waals surface area contributed by atoms with Gasteiger partial charge in [0.05, 0.1) is 0 Å². The van der Waals surface area contributed by atoms with Crippen LogP contribution in [-0.2, 0) is 0 Å². The van der Waals surface area contributed by atoms with Crippen LogP contribution in [0.25, 0.3) is 0 Å². The van der Waals surface area contributed by atoms with Gasteiger partial charge in [-0.2, -0.15) is 11.8 Å². The first-order valence-electron chi connectivity index (χ1n) is 6.40. The van der Waals surface area contributed by atoms with E-state index in [4.69, 9.17) is 5.73 Å². The normalized spacial score (nSPS) is 22.1. The van der Waals surface area contributed by atoms with E-state index in [1.54, 1.807) is 6.07 Å². The summed E-state index contributed by atoms with van der Waals surface area (Å²) in [5, 5.41) is 0. The molecule has 1 aliphatic rings. The molecule has 1 saturated heterocycles. The molecule has 1 aromatic rings.